The minimum Gasteiger partial charge on any atom is -0.370 e. The molecule has 1 fully saturated rings. The predicted octanol–water partition coefficient (Wildman–Crippen LogP) is 0.514. The monoisotopic (exact) mass is 168 g/mol. The van der Waals surface area contributed by atoms with Crippen LogP contribution in [0.15, 0.2) is 12.2 Å². The first-order chi connectivity index (χ1) is 5.68. The van der Waals surface area contributed by atoms with E-state index in [2.05, 4.69) is 11.5 Å². The number of rotatable bonds is 3. The van der Waals surface area contributed by atoms with E-state index in [1.807, 2.05) is 0 Å². The van der Waals surface area contributed by atoms with Crippen LogP contribution in [-0.2, 0) is 4.79 Å². The largest absolute Gasteiger partial charge is 0.370 e. The fraction of sp³-hybridized carbons (Fsp3) is 0.667. The van der Waals surface area contributed by atoms with Crippen LogP contribution >= 0.6 is 0 Å². The maximum atomic E-state index is 10.5. The van der Waals surface area contributed by atoms with Gasteiger partial charge in [-0.3, -0.25) is 4.79 Å². The maximum Gasteiger partial charge on any atom is 0.218 e. The van der Waals surface area contributed by atoms with Gasteiger partial charge in [0.2, 0.25) is 5.91 Å². The van der Waals surface area contributed by atoms with Gasteiger partial charge in [-0.25, -0.2) is 0 Å². The van der Waals surface area contributed by atoms with Crippen molar-refractivity contribution < 1.29 is 4.79 Å². The lowest BCUT2D eigenvalue weighted by atomic mass is 10.1. The van der Waals surface area contributed by atoms with Gasteiger partial charge in [0.15, 0.2) is 0 Å². The lowest BCUT2D eigenvalue weighted by molar-refractivity contribution is -0.118. The molecule has 0 atom stereocenters. The van der Waals surface area contributed by atoms with Crippen molar-refractivity contribution in [2.45, 2.75) is 19.3 Å². The van der Waals surface area contributed by atoms with Crippen LogP contribution in [0.3, 0.4) is 0 Å². The molecular formula is C9H16N2O. The molecule has 0 unspecified atom stereocenters. The highest BCUT2D eigenvalue weighted by Crippen LogP contribution is 2.13. The smallest absolute Gasteiger partial charge is 0.218 e. The third-order valence-electron chi connectivity index (χ3n) is 2.24. The molecule has 1 amide bonds. The quantitative estimate of drug-likeness (QED) is 0.624. The van der Waals surface area contributed by atoms with Gasteiger partial charge >= 0.3 is 0 Å². The van der Waals surface area contributed by atoms with Crippen LogP contribution in [0.5, 0.6) is 0 Å². The zero-order chi connectivity index (χ0) is 8.97. The van der Waals surface area contributed by atoms with E-state index in [0.717, 1.165) is 32.5 Å². The van der Waals surface area contributed by atoms with E-state index >= 15 is 0 Å². The molecule has 1 saturated heterocycles. The van der Waals surface area contributed by atoms with Crippen LogP contribution in [0, 0.1) is 0 Å². The minimum absolute atomic E-state index is 0.209. The molecule has 0 spiro atoms. The minimum atomic E-state index is -0.209. The average molecular weight is 168 g/mol. The Morgan fingerprint density at radius 3 is 2.58 bits per heavy atom. The van der Waals surface area contributed by atoms with E-state index in [1.165, 1.54) is 5.57 Å². The van der Waals surface area contributed by atoms with Crippen molar-refractivity contribution in [1.29, 1.82) is 0 Å². The first-order valence-corrected chi connectivity index (χ1v) is 4.36. The third-order valence-corrected chi connectivity index (χ3v) is 2.24. The van der Waals surface area contributed by atoms with Crippen molar-refractivity contribution in [3.63, 3.8) is 0 Å². The van der Waals surface area contributed by atoms with Gasteiger partial charge in [-0.15, -0.1) is 0 Å². The summed E-state index contributed by atoms with van der Waals surface area (Å²) < 4.78 is 0. The molecule has 1 heterocycles. The van der Waals surface area contributed by atoms with Crippen LogP contribution in [0.25, 0.3) is 0 Å². The molecule has 1 aliphatic rings. The Morgan fingerprint density at radius 2 is 2.08 bits per heavy atom. The van der Waals surface area contributed by atoms with Crippen LogP contribution < -0.4 is 5.73 Å². The first kappa shape index (κ1) is 9.26. The van der Waals surface area contributed by atoms with Crippen LogP contribution in [0.4, 0.5) is 0 Å². The van der Waals surface area contributed by atoms with Gasteiger partial charge in [-0.05, 0) is 12.8 Å². The molecule has 0 aromatic heterocycles. The first-order valence-electron chi connectivity index (χ1n) is 4.36. The molecule has 0 radical (unpaired) electrons. The standard InChI is InChI=1S/C9H16N2O/c1-8-2-5-11(6-3-8)7-4-9(10)12/h1-7H2,(H2,10,12). The average Bonchev–Trinajstić information content (AvgIpc) is 2.03. The molecule has 3 heteroatoms. The number of primary amides is 1. The lowest BCUT2D eigenvalue weighted by Gasteiger charge is -2.27. The Bertz CT molecular complexity index is 179. The van der Waals surface area contributed by atoms with Gasteiger partial charge < -0.3 is 10.6 Å². The molecule has 1 rings (SSSR count). The second-order valence-corrected chi connectivity index (χ2v) is 3.31. The van der Waals surface area contributed by atoms with Crippen LogP contribution in [0.2, 0.25) is 0 Å². The number of amides is 1. The fourth-order valence-corrected chi connectivity index (χ4v) is 1.36. The molecule has 0 aromatic carbocycles. The molecular weight excluding hydrogens is 152 g/mol. The predicted molar refractivity (Wildman–Crippen MR) is 48.6 cm³/mol. The van der Waals surface area contributed by atoms with Crippen molar-refractivity contribution in [3.05, 3.63) is 12.2 Å². The number of piperidine rings is 1. The maximum absolute atomic E-state index is 10.5. The van der Waals surface area contributed by atoms with Gasteiger partial charge in [0.25, 0.3) is 0 Å². The Balaban J connectivity index is 2.17. The van der Waals surface area contributed by atoms with E-state index in [0.29, 0.717) is 6.42 Å². The summed E-state index contributed by atoms with van der Waals surface area (Å²) >= 11 is 0. The van der Waals surface area contributed by atoms with Crippen molar-refractivity contribution in [1.82, 2.24) is 4.90 Å². The van der Waals surface area contributed by atoms with Gasteiger partial charge in [-0.2, -0.15) is 0 Å². The number of hydrogen-bond donors (Lipinski definition) is 1. The Labute approximate surface area is 73.2 Å². The molecule has 0 bridgehead atoms. The summed E-state index contributed by atoms with van der Waals surface area (Å²) in [6, 6.07) is 0. The number of hydrogen-bond acceptors (Lipinski definition) is 2. The van der Waals surface area contributed by atoms with Crippen molar-refractivity contribution in [3.8, 4) is 0 Å². The summed E-state index contributed by atoms with van der Waals surface area (Å²) in [6.07, 6.45) is 2.62. The lowest BCUT2D eigenvalue weighted by Crippen LogP contribution is -2.33. The summed E-state index contributed by atoms with van der Waals surface area (Å²) in [5, 5.41) is 0. The van der Waals surface area contributed by atoms with E-state index in [-0.39, 0.29) is 5.91 Å². The van der Waals surface area contributed by atoms with E-state index in [1.54, 1.807) is 0 Å². The number of nitrogens with zero attached hydrogens (tertiary/aromatic N) is 1. The highest BCUT2D eigenvalue weighted by Gasteiger charge is 2.12. The van der Waals surface area contributed by atoms with Crippen LogP contribution in [0.1, 0.15) is 19.3 Å². The topological polar surface area (TPSA) is 46.3 Å². The summed E-state index contributed by atoms with van der Waals surface area (Å²) in [5.74, 6) is -0.209. The summed E-state index contributed by atoms with van der Waals surface area (Å²) in [5.41, 5.74) is 6.38. The van der Waals surface area contributed by atoms with Gasteiger partial charge in [0.05, 0.1) is 0 Å². The molecule has 1 aliphatic heterocycles. The third kappa shape index (κ3) is 3.05. The second kappa shape index (κ2) is 4.26. The summed E-state index contributed by atoms with van der Waals surface area (Å²) in [4.78, 5) is 12.7. The molecule has 3 nitrogen and oxygen atoms in total. The Hall–Kier alpha value is -0.830. The molecule has 0 aromatic rings. The number of carbonyl (C=O) groups is 1. The zero-order valence-corrected chi connectivity index (χ0v) is 7.38. The Kier molecular flexibility index (Phi) is 3.29. The molecule has 68 valence electrons. The SMILES string of the molecule is C=C1CCN(CCC(N)=O)CC1. The van der Waals surface area contributed by atoms with Crippen molar-refractivity contribution >= 4 is 5.91 Å². The van der Waals surface area contributed by atoms with E-state index in [4.69, 9.17) is 5.73 Å². The summed E-state index contributed by atoms with van der Waals surface area (Å²) in [7, 11) is 0. The molecule has 12 heavy (non-hydrogen) atoms. The highest BCUT2D eigenvalue weighted by molar-refractivity contribution is 5.73. The van der Waals surface area contributed by atoms with Crippen molar-refractivity contribution in [2.75, 3.05) is 19.6 Å². The van der Waals surface area contributed by atoms with Crippen LogP contribution in [-0.4, -0.2) is 30.4 Å². The number of nitrogens with two attached hydrogens (primary N) is 1. The number of carbonyl (C=O) groups excluding carboxylic acids is 1. The number of likely N-dealkylation sites (tertiary alicyclic amines) is 1. The normalized spacial score (nSPS) is 19.5. The van der Waals surface area contributed by atoms with Gasteiger partial charge in [0.1, 0.15) is 0 Å². The molecule has 2 N–H and O–H groups in total. The highest BCUT2D eigenvalue weighted by atomic mass is 16.1. The summed E-state index contributed by atoms with van der Waals surface area (Å²) in [6.45, 7) is 6.80. The molecule has 0 aliphatic carbocycles. The molecule has 0 saturated carbocycles. The van der Waals surface area contributed by atoms with E-state index < -0.39 is 0 Å². The fourth-order valence-electron chi connectivity index (χ4n) is 1.36. The second-order valence-electron chi connectivity index (χ2n) is 3.31. The van der Waals surface area contributed by atoms with Crippen molar-refractivity contribution in [2.24, 2.45) is 5.73 Å². The zero-order valence-electron chi connectivity index (χ0n) is 7.38. The van der Waals surface area contributed by atoms with E-state index in [9.17, 15) is 4.79 Å². The van der Waals surface area contributed by atoms with Gasteiger partial charge in [-0.1, -0.05) is 12.2 Å². The Morgan fingerprint density at radius 1 is 1.50 bits per heavy atom. The van der Waals surface area contributed by atoms with Gasteiger partial charge in [0, 0.05) is 26.1 Å².